The van der Waals surface area contributed by atoms with Crippen LogP contribution in [0.15, 0.2) is 51.1 Å². The fourth-order valence-corrected chi connectivity index (χ4v) is 4.71. The van der Waals surface area contributed by atoms with Crippen molar-refractivity contribution in [3.63, 3.8) is 0 Å². The van der Waals surface area contributed by atoms with Crippen LogP contribution in [0.3, 0.4) is 0 Å². The van der Waals surface area contributed by atoms with Crippen LogP contribution in [0.2, 0.25) is 5.02 Å². The van der Waals surface area contributed by atoms with E-state index < -0.39 is 39.9 Å². The highest BCUT2D eigenvalue weighted by Crippen LogP contribution is 2.30. The Morgan fingerprint density at radius 2 is 1.31 bits per heavy atom. The summed E-state index contributed by atoms with van der Waals surface area (Å²) in [4.78, 5) is -1.37. The molecular weight excluding hydrogens is 486 g/mol. The van der Waals surface area contributed by atoms with E-state index in [0.29, 0.717) is 11.8 Å². The molecule has 0 aliphatic carbocycles. The van der Waals surface area contributed by atoms with Gasteiger partial charge in [-0.3, -0.25) is 0 Å². The third kappa shape index (κ3) is 6.06. The molecule has 11 nitrogen and oxygen atoms in total. The molecule has 0 amide bonds. The largest absolute Gasteiger partial charge is 0.332 e. The van der Waals surface area contributed by atoms with Crippen molar-refractivity contribution in [2.24, 2.45) is 15.4 Å². The Kier molecular flexibility index (Phi) is 6.56. The van der Waals surface area contributed by atoms with Crippen molar-refractivity contribution >= 4 is 70.4 Å². The first-order valence-corrected chi connectivity index (χ1v) is 12.6. The number of halogens is 1. The summed E-state index contributed by atoms with van der Waals surface area (Å²) in [5.41, 5.74) is 0.142. The van der Waals surface area contributed by atoms with Gasteiger partial charge in [-0.05, 0) is 48.6 Å². The van der Waals surface area contributed by atoms with E-state index in [-0.39, 0.29) is 20.7 Å². The molecule has 0 saturated heterocycles. The second-order valence-electron chi connectivity index (χ2n) is 5.52. The molecule has 0 bridgehead atoms. The number of hydrogen-bond donors (Lipinski definition) is 5. The van der Waals surface area contributed by atoms with Gasteiger partial charge in [0.2, 0.25) is 30.1 Å². The van der Waals surface area contributed by atoms with Crippen LogP contribution in [-0.4, -0.2) is 30.4 Å². The van der Waals surface area contributed by atoms with E-state index in [4.69, 9.17) is 39.2 Å². The standard InChI is InChI=1S/C13H14ClN5O6S4/c14-9-5-10(12(29(17,24)25)6-11(9)28(16,22)23)19-13(26)18-7-1-3-8(4-2-7)27(15,20)21/h1-6H,(H2,15,20,21)(H2,16,22,23)(H2,17,24,25)(H2,18,19,26). The summed E-state index contributed by atoms with van der Waals surface area (Å²) >= 11 is 10.9. The molecule has 2 rings (SSSR count). The molecular formula is C13H14ClN5O6S4. The van der Waals surface area contributed by atoms with Crippen LogP contribution in [0.1, 0.15) is 0 Å². The molecule has 0 unspecified atom stereocenters. The molecule has 0 aliphatic rings. The Morgan fingerprint density at radius 3 is 1.76 bits per heavy atom. The van der Waals surface area contributed by atoms with Gasteiger partial charge in [0.15, 0.2) is 5.11 Å². The van der Waals surface area contributed by atoms with Crippen molar-refractivity contribution in [1.29, 1.82) is 0 Å². The van der Waals surface area contributed by atoms with Crippen molar-refractivity contribution < 1.29 is 25.3 Å². The number of sulfonamides is 3. The fraction of sp³-hybridized carbons (Fsp3) is 0. The summed E-state index contributed by atoms with van der Waals surface area (Å²) < 4.78 is 69.3. The van der Waals surface area contributed by atoms with Gasteiger partial charge in [-0.15, -0.1) is 0 Å². The molecule has 0 fully saturated rings. The average molecular weight is 500 g/mol. The predicted molar refractivity (Wildman–Crippen MR) is 112 cm³/mol. The third-order valence-corrected chi connectivity index (χ3v) is 6.80. The minimum absolute atomic E-state index is 0.121. The maximum atomic E-state index is 11.8. The fourth-order valence-electron chi connectivity index (χ4n) is 2.10. The van der Waals surface area contributed by atoms with Crippen LogP contribution in [0.5, 0.6) is 0 Å². The van der Waals surface area contributed by atoms with Gasteiger partial charge in [-0.25, -0.2) is 40.7 Å². The van der Waals surface area contributed by atoms with Crippen LogP contribution < -0.4 is 26.1 Å². The maximum absolute atomic E-state index is 11.8. The average Bonchev–Trinajstić information content (AvgIpc) is 2.51. The van der Waals surface area contributed by atoms with E-state index in [1.807, 2.05) is 0 Å². The Labute approximate surface area is 177 Å². The topological polar surface area (TPSA) is 205 Å². The molecule has 0 radical (unpaired) electrons. The molecule has 0 aliphatic heterocycles. The highest BCUT2D eigenvalue weighted by Gasteiger charge is 2.23. The number of nitrogens with two attached hydrogens (primary N) is 3. The van der Waals surface area contributed by atoms with Crippen LogP contribution in [0, 0.1) is 0 Å². The number of primary sulfonamides is 3. The quantitative estimate of drug-likeness (QED) is 0.353. The Morgan fingerprint density at radius 1 is 0.793 bits per heavy atom. The monoisotopic (exact) mass is 499 g/mol. The van der Waals surface area contributed by atoms with Gasteiger partial charge in [0.1, 0.15) is 9.79 Å². The zero-order valence-corrected chi connectivity index (χ0v) is 18.2. The molecule has 8 N–H and O–H groups in total. The summed E-state index contributed by atoms with van der Waals surface area (Å²) in [5.74, 6) is 0. The van der Waals surface area contributed by atoms with Gasteiger partial charge in [-0.2, -0.15) is 0 Å². The first-order valence-electron chi connectivity index (χ1n) is 7.19. The molecule has 16 heteroatoms. The van der Waals surface area contributed by atoms with Gasteiger partial charge in [0, 0.05) is 5.69 Å². The van der Waals surface area contributed by atoms with Crippen molar-refractivity contribution in [3.05, 3.63) is 41.4 Å². The van der Waals surface area contributed by atoms with Crippen molar-refractivity contribution in [3.8, 4) is 0 Å². The molecule has 158 valence electrons. The molecule has 0 aromatic heterocycles. The predicted octanol–water partition coefficient (Wildman–Crippen LogP) is 0.0911. The van der Waals surface area contributed by atoms with Gasteiger partial charge in [-0.1, -0.05) is 11.6 Å². The minimum atomic E-state index is -4.38. The SMILES string of the molecule is NS(=O)(=O)c1ccc(NC(=S)Nc2cc(Cl)c(S(N)(=O)=O)cc2S(N)(=O)=O)cc1. The Balaban J connectivity index is 2.36. The van der Waals surface area contributed by atoms with E-state index in [9.17, 15) is 25.3 Å². The summed E-state index contributed by atoms with van der Waals surface area (Å²) in [6.45, 7) is 0. The smallest absolute Gasteiger partial charge is 0.240 e. The minimum Gasteiger partial charge on any atom is -0.332 e. The van der Waals surface area contributed by atoms with Gasteiger partial charge >= 0.3 is 0 Å². The zero-order valence-electron chi connectivity index (χ0n) is 14.2. The van der Waals surface area contributed by atoms with Crippen molar-refractivity contribution in [2.75, 3.05) is 10.6 Å². The summed E-state index contributed by atoms with van der Waals surface area (Å²) in [6.07, 6.45) is 0. The van der Waals surface area contributed by atoms with Crippen LogP contribution in [0.25, 0.3) is 0 Å². The normalized spacial score (nSPS) is 12.4. The van der Waals surface area contributed by atoms with E-state index in [1.54, 1.807) is 0 Å². The second kappa shape index (κ2) is 8.11. The lowest BCUT2D eigenvalue weighted by Crippen LogP contribution is -2.23. The van der Waals surface area contributed by atoms with Gasteiger partial charge < -0.3 is 10.6 Å². The number of rotatable bonds is 5. The lowest BCUT2D eigenvalue weighted by Gasteiger charge is -2.15. The van der Waals surface area contributed by atoms with Gasteiger partial charge in [0.25, 0.3) is 0 Å². The van der Waals surface area contributed by atoms with E-state index in [2.05, 4.69) is 10.6 Å². The van der Waals surface area contributed by atoms with Gasteiger partial charge in [0.05, 0.1) is 15.6 Å². The third-order valence-electron chi connectivity index (χ3n) is 3.34. The molecule has 0 saturated carbocycles. The molecule has 2 aromatic rings. The number of nitrogens with one attached hydrogen (secondary N) is 2. The molecule has 0 spiro atoms. The van der Waals surface area contributed by atoms with E-state index >= 15 is 0 Å². The van der Waals surface area contributed by atoms with Crippen LogP contribution in [0.4, 0.5) is 11.4 Å². The molecule has 2 aromatic carbocycles. The number of benzene rings is 2. The first kappa shape index (κ1) is 23.4. The van der Waals surface area contributed by atoms with E-state index in [1.165, 1.54) is 24.3 Å². The Hall–Kier alpha value is -1.85. The molecule has 29 heavy (non-hydrogen) atoms. The lowest BCUT2D eigenvalue weighted by atomic mass is 10.3. The maximum Gasteiger partial charge on any atom is 0.240 e. The van der Waals surface area contributed by atoms with Crippen molar-refractivity contribution in [1.82, 2.24) is 0 Å². The highest BCUT2D eigenvalue weighted by atomic mass is 35.5. The van der Waals surface area contributed by atoms with Crippen LogP contribution >= 0.6 is 23.8 Å². The second-order valence-corrected chi connectivity index (χ2v) is 11.0. The Bertz CT molecular complexity index is 1290. The first-order chi connectivity index (χ1) is 13.1. The van der Waals surface area contributed by atoms with Crippen molar-refractivity contribution in [2.45, 2.75) is 14.7 Å². The number of anilines is 2. The summed E-state index contributed by atoms with van der Waals surface area (Å²) in [7, 11) is -12.6. The molecule has 0 heterocycles. The summed E-state index contributed by atoms with van der Waals surface area (Å²) in [6, 6.07) is 6.89. The van der Waals surface area contributed by atoms with Crippen LogP contribution in [-0.2, 0) is 30.1 Å². The van der Waals surface area contributed by atoms with E-state index in [0.717, 1.165) is 6.07 Å². The number of thiocarbonyl (C=S) groups is 1. The lowest BCUT2D eigenvalue weighted by molar-refractivity contribution is 0.594. The number of hydrogen-bond acceptors (Lipinski definition) is 7. The molecule has 0 atom stereocenters. The highest BCUT2D eigenvalue weighted by molar-refractivity contribution is 7.90. The summed E-state index contributed by atoms with van der Waals surface area (Å²) in [5, 5.41) is 19.9. The zero-order chi connectivity index (χ0) is 22.2.